The van der Waals surface area contributed by atoms with E-state index in [0.29, 0.717) is 0 Å². The highest BCUT2D eigenvalue weighted by Crippen LogP contribution is 2.25. The third-order valence-corrected chi connectivity index (χ3v) is 4.74. The number of hydrogen-bond donors (Lipinski definition) is 2. The minimum absolute atomic E-state index is 0.0552. The lowest BCUT2D eigenvalue weighted by molar-refractivity contribution is -0.126. The second-order valence-corrected chi connectivity index (χ2v) is 6.57. The molecule has 2 amide bonds. The quantitative estimate of drug-likeness (QED) is 0.869. The van der Waals surface area contributed by atoms with Crippen LogP contribution in [0.3, 0.4) is 0 Å². The van der Waals surface area contributed by atoms with Gasteiger partial charge in [0, 0.05) is 5.92 Å². The zero-order valence-corrected chi connectivity index (χ0v) is 14.3. The van der Waals surface area contributed by atoms with Crippen molar-refractivity contribution < 1.29 is 9.59 Å². The fourth-order valence-corrected chi connectivity index (χ4v) is 3.20. The number of carbonyl (C=O) groups excluding carboxylic acids is 2. The molecule has 25 heavy (non-hydrogen) atoms. The fourth-order valence-electron chi connectivity index (χ4n) is 3.20. The van der Waals surface area contributed by atoms with Crippen molar-refractivity contribution in [3.05, 3.63) is 41.7 Å². The van der Waals surface area contributed by atoms with Crippen molar-refractivity contribution in [3.8, 4) is 5.69 Å². The molecule has 1 aliphatic rings. The predicted molar refractivity (Wildman–Crippen MR) is 93.0 cm³/mol. The van der Waals surface area contributed by atoms with E-state index in [4.69, 9.17) is 5.73 Å². The zero-order valence-electron chi connectivity index (χ0n) is 14.3. The highest BCUT2D eigenvalue weighted by molar-refractivity contribution is 5.90. The normalized spacial score (nSPS) is 16.4. The van der Waals surface area contributed by atoms with Crippen LogP contribution in [0, 0.1) is 5.92 Å². The number of carbonyl (C=O) groups is 2. The van der Waals surface area contributed by atoms with Crippen LogP contribution >= 0.6 is 0 Å². The van der Waals surface area contributed by atoms with E-state index < -0.39 is 5.91 Å². The Balaban J connectivity index is 1.64. The van der Waals surface area contributed by atoms with Crippen molar-refractivity contribution in [3.63, 3.8) is 0 Å². The molecule has 0 aliphatic heterocycles. The number of rotatable bonds is 5. The van der Waals surface area contributed by atoms with Crippen LogP contribution in [0.15, 0.2) is 30.5 Å². The van der Waals surface area contributed by atoms with Crippen LogP contribution < -0.4 is 11.1 Å². The number of primary amides is 1. The maximum Gasteiger partial charge on any atom is 0.270 e. The first kappa shape index (κ1) is 17.1. The van der Waals surface area contributed by atoms with Gasteiger partial charge in [-0.1, -0.05) is 36.6 Å². The highest BCUT2D eigenvalue weighted by atomic mass is 16.2. The van der Waals surface area contributed by atoms with Crippen LogP contribution in [0.2, 0.25) is 0 Å². The number of amides is 2. The van der Waals surface area contributed by atoms with Crippen molar-refractivity contribution in [1.29, 1.82) is 0 Å². The standard InChI is InChI=1S/C18H23N5O2/c1-12(20-18(25)14-5-3-2-4-6-14)13-7-9-15(10-8-13)23-11-16(17(19)24)21-22-23/h7-12,14H,2-6H2,1H3,(H2,19,24)(H,20,25)/t12-/m0/s1. The molecule has 3 rings (SSSR count). The molecule has 0 unspecified atom stereocenters. The van der Waals surface area contributed by atoms with E-state index in [1.54, 1.807) is 0 Å². The Kier molecular flexibility index (Phi) is 5.11. The first-order valence-electron chi connectivity index (χ1n) is 8.67. The number of nitrogens with zero attached hydrogens (tertiary/aromatic N) is 3. The first-order chi connectivity index (χ1) is 12.0. The maximum absolute atomic E-state index is 12.4. The summed E-state index contributed by atoms with van der Waals surface area (Å²) >= 11 is 0. The average Bonchev–Trinajstić information content (AvgIpc) is 3.13. The Morgan fingerprint density at radius 2 is 1.88 bits per heavy atom. The predicted octanol–water partition coefficient (Wildman–Crippen LogP) is 2.12. The molecule has 1 aromatic heterocycles. The number of nitrogens with one attached hydrogen (secondary N) is 1. The topological polar surface area (TPSA) is 103 Å². The number of hydrogen-bond acceptors (Lipinski definition) is 4. The number of aromatic nitrogens is 3. The van der Waals surface area contributed by atoms with Gasteiger partial charge in [-0.25, -0.2) is 4.68 Å². The maximum atomic E-state index is 12.4. The van der Waals surface area contributed by atoms with Gasteiger partial charge < -0.3 is 11.1 Å². The summed E-state index contributed by atoms with van der Waals surface area (Å²) < 4.78 is 1.50. The molecule has 1 atom stereocenters. The van der Waals surface area contributed by atoms with Gasteiger partial charge in [0.1, 0.15) is 0 Å². The Morgan fingerprint density at radius 1 is 1.20 bits per heavy atom. The lowest BCUT2D eigenvalue weighted by Crippen LogP contribution is -2.33. The third kappa shape index (κ3) is 4.04. The molecule has 7 heteroatoms. The summed E-state index contributed by atoms with van der Waals surface area (Å²) in [6.07, 6.45) is 7.00. The van der Waals surface area contributed by atoms with Crippen LogP contribution in [0.25, 0.3) is 5.69 Å². The van der Waals surface area contributed by atoms with E-state index in [2.05, 4.69) is 15.6 Å². The van der Waals surface area contributed by atoms with Crippen LogP contribution in [-0.4, -0.2) is 26.8 Å². The Labute approximate surface area is 146 Å². The molecule has 7 nitrogen and oxygen atoms in total. The Hall–Kier alpha value is -2.70. The van der Waals surface area contributed by atoms with Gasteiger partial charge in [-0.3, -0.25) is 9.59 Å². The molecule has 1 aliphatic carbocycles. The highest BCUT2D eigenvalue weighted by Gasteiger charge is 2.22. The molecule has 0 bridgehead atoms. The minimum Gasteiger partial charge on any atom is -0.364 e. The molecule has 0 spiro atoms. The van der Waals surface area contributed by atoms with Gasteiger partial charge in [-0.15, -0.1) is 5.10 Å². The second kappa shape index (κ2) is 7.46. The number of benzene rings is 1. The van der Waals surface area contributed by atoms with Gasteiger partial charge in [0.25, 0.3) is 5.91 Å². The molecule has 132 valence electrons. The molecular weight excluding hydrogens is 318 g/mol. The van der Waals surface area contributed by atoms with Gasteiger partial charge in [-0.2, -0.15) is 0 Å². The van der Waals surface area contributed by atoms with E-state index in [1.807, 2.05) is 31.2 Å². The molecule has 2 aromatic rings. The monoisotopic (exact) mass is 341 g/mol. The summed E-state index contributed by atoms with van der Waals surface area (Å²) in [6.45, 7) is 1.98. The van der Waals surface area contributed by atoms with Gasteiger partial charge in [0.2, 0.25) is 5.91 Å². The zero-order chi connectivity index (χ0) is 17.8. The van der Waals surface area contributed by atoms with Crippen molar-refractivity contribution in [2.75, 3.05) is 0 Å². The SMILES string of the molecule is C[C@H](NC(=O)C1CCCCC1)c1ccc(-n2cc(C(N)=O)nn2)cc1. The van der Waals surface area contributed by atoms with Crippen molar-refractivity contribution in [2.45, 2.75) is 45.1 Å². The van der Waals surface area contributed by atoms with Gasteiger partial charge in [0.05, 0.1) is 17.9 Å². The Morgan fingerprint density at radius 3 is 2.48 bits per heavy atom. The summed E-state index contributed by atoms with van der Waals surface area (Å²) in [4.78, 5) is 23.4. The molecule has 0 saturated heterocycles. The van der Waals surface area contributed by atoms with E-state index >= 15 is 0 Å². The summed E-state index contributed by atoms with van der Waals surface area (Å²) in [5.74, 6) is -0.307. The molecular formula is C18H23N5O2. The van der Waals surface area contributed by atoms with Crippen LogP contribution in [0.5, 0.6) is 0 Å². The summed E-state index contributed by atoms with van der Waals surface area (Å²) in [5.41, 5.74) is 7.09. The minimum atomic E-state index is -0.609. The van der Waals surface area contributed by atoms with Gasteiger partial charge >= 0.3 is 0 Å². The largest absolute Gasteiger partial charge is 0.364 e. The van der Waals surface area contributed by atoms with Gasteiger partial charge in [0.15, 0.2) is 5.69 Å². The summed E-state index contributed by atoms with van der Waals surface area (Å²) in [7, 11) is 0. The molecule has 1 aromatic carbocycles. The summed E-state index contributed by atoms with van der Waals surface area (Å²) in [5, 5.41) is 10.7. The van der Waals surface area contributed by atoms with Crippen LogP contribution in [0.1, 0.15) is 61.1 Å². The lowest BCUT2D eigenvalue weighted by Gasteiger charge is -2.23. The van der Waals surface area contributed by atoms with E-state index in [0.717, 1.165) is 36.9 Å². The summed E-state index contributed by atoms with van der Waals surface area (Å²) in [6, 6.07) is 7.57. The van der Waals surface area contributed by atoms with E-state index in [-0.39, 0.29) is 23.6 Å². The van der Waals surface area contributed by atoms with E-state index in [1.165, 1.54) is 17.3 Å². The fraction of sp³-hybridized carbons (Fsp3) is 0.444. The van der Waals surface area contributed by atoms with Crippen molar-refractivity contribution in [1.82, 2.24) is 20.3 Å². The lowest BCUT2D eigenvalue weighted by atomic mass is 9.88. The second-order valence-electron chi connectivity index (χ2n) is 6.57. The van der Waals surface area contributed by atoms with Crippen molar-refractivity contribution in [2.24, 2.45) is 11.7 Å². The molecule has 1 heterocycles. The molecule has 1 fully saturated rings. The van der Waals surface area contributed by atoms with E-state index in [9.17, 15) is 9.59 Å². The number of nitrogens with two attached hydrogens (primary N) is 1. The third-order valence-electron chi connectivity index (χ3n) is 4.74. The van der Waals surface area contributed by atoms with Gasteiger partial charge in [-0.05, 0) is 37.5 Å². The van der Waals surface area contributed by atoms with Crippen molar-refractivity contribution >= 4 is 11.8 Å². The molecule has 1 saturated carbocycles. The molecule has 3 N–H and O–H groups in total. The first-order valence-corrected chi connectivity index (χ1v) is 8.67. The van der Waals surface area contributed by atoms with Crippen LogP contribution in [0.4, 0.5) is 0 Å². The average molecular weight is 341 g/mol. The van der Waals surface area contributed by atoms with Crippen LogP contribution in [-0.2, 0) is 4.79 Å². The Bertz CT molecular complexity index is 747. The molecule has 0 radical (unpaired) electrons. The smallest absolute Gasteiger partial charge is 0.270 e.